The molecule has 0 unspecified atom stereocenters. The first-order chi connectivity index (χ1) is 9.65. The van der Waals surface area contributed by atoms with Gasteiger partial charge in [0.15, 0.2) is 0 Å². The minimum Gasteiger partial charge on any atom is -0.301 e. The highest BCUT2D eigenvalue weighted by molar-refractivity contribution is 9.10. The molecule has 0 radical (unpaired) electrons. The van der Waals surface area contributed by atoms with Crippen LogP contribution in [-0.4, -0.2) is 9.55 Å². The van der Waals surface area contributed by atoms with E-state index in [0.29, 0.717) is 11.6 Å². The molecule has 2 aromatic carbocycles. The van der Waals surface area contributed by atoms with Gasteiger partial charge in [0.25, 0.3) is 5.56 Å². The third-order valence-corrected chi connectivity index (χ3v) is 3.94. The molecule has 0 spiro atoms. The van der Waals surface area contributed by atoms with Crippen molar-refractivity contribution < 1.29 is 0 Å². The van der Waals surface area contributed by atoms with Gasteiger partial charge in [0.2, 0.25) is 0 Å². The normalized spacial score (nSPS) is 10.9. The van der Waals surface area contributed by atoms with Crippen molar-refractivity contribution in [2.45, 2.75) is 6.54 Å². The Morgan fingerprint density at radius 1 is 1.20 bits per heavy atom. The maximum absolute atomic E-state index is 12.1. The third-order valence-electron chi connectivity index (χ3n) is 3.10. The zero-order valence-electron chi connectivity index (χ0n) is 10.4. The van der Waals surface area contributed by atoms with Crippen LogP contribution in [0.4, 0.5) is 0 Å². The molecule has 1 heterocycles. The molecule has 0 amide bonds. The molecule has 3 aromatic rings. The minimum absolute atomic E-state index is 0.136. The summed E-state index contributed by atoms with van der Waals surface area (Å²) in [6, 6.07) is 13.2. The molecule has 3 rings (SSSR count). The molecule has 5 heteroatoms. The van der Waals surface area contributed by atoms with Crippen molar-refractivity contribution in [3.05, 3.63) is 74.1 Å². The van der Waals surface area contributed by atoms with E-state index in [0.717, 1.165) is 21.1 Å². The van der Waals surface area contributed by atoms with Crippen molar-refractivity contribution in [3.8, 4) is 0 Å². The van der Waals surface area contributed by atoms with Crippen molar-refractivity contribution in [2.24, 2.45) is 0 Å². The number of fused-ring (bicyclic) bond motifs is 1. The lowest BCUT2D eigenvalue weighted by atomic mass is 10.2. The van der Waals surface area contributed by atoms with Gasteiger partial charge in [-0.3, -0.25) is 4.79 Å². The molecule has 0 N–H and O–H groups in total. The third kappa shape index (κ3) is 2.49. The zero-order valence-corrected chi connectivity index (χ0v) is 12.7. The van der Waals surface area contributed by atoms with Crippen LogP contribution in [0.2, 0.25) is 5.02 Å². The molecular formula is C15H10BrClN2O. The van der Waals surface area contributed by atoms with E-state index in [2.05, 4.69) is 20.9 Å². The molecule has 100 valence electrons. The highest BCUT2D eigenvalue weighted by Crippen LogP contribution is 2.22. The Labute approximate surface area is 129 Å². The summed E-state index contributed by atoms with van der Waals surface area (Å²) in [6.07, 6.45) is 1.34. The molecule has 0 bridgehead atoms. The number of nitrogens with zero attached hydrogens (tertiary/aromatic N) is 2. The van der Waals surface area contributed by atoms with E-state index in [-0.39, 0.29) is 5.56 Å². The van der Waals surface area contributed by atoms with E-state index in [1.807, 2.05) is 42.5 Å². The Morgan fingerprint density at radius 3 is 2.80 bits per heavy atom. The Hall–Kier alpha value is -1.65. The second-order valence-electron chi connectivity index (χ2n) is 4.41. The molecule has 0 aliphatic rings. The average molecular weight is 350 g/mol. The molecular weight excluding hydrogens is 340 g/mol. The molecule has 0 atom stereocenters. The van der Waals surface area contributed by atoms with E-state index in [4.69, 9.17) is 11.6 Å². The number of rotatable bonds is 2. The van der Waals surface area contributed by atoms with Crippen LogP contribution in [-0.2, 0) is 6.54 Å². The SMILES string of the molecule is O=c1cnc2ccccc2n1Cc1ccc(Br)cc1Cl. The van der Waals surface area contributed by atoms with Crippen LogP contribution in [0, 0.1) is 0 Å². The van der Waals surface area contributed by atoms with Crippen molar-refractivity contribution in [1.29, 1.82) is 0 Å². The fourth-order valence-electron chi connectivity index (χ4n) is 2.10. The highest BCUT2D eigenvalue weighted by Gasteiger charge is 2.07. The van der Waals surface area contributed by atoms with Gasteiger partial charge in [-0.05, 0) is 29.8 Å². The van der Waals surface area contributed by atoms with Gasteiger partial charge in [0.05, 0.1) is 23.8 Å². The maximum atomic E-state index is 12.1. The van der Waals surface area contributed by atoms with Crippen molar-refractivity contribution in [1.82, 2.24) is 9.55 Å². The molecule has 0 aliphatic carbocycles. The smallest absolute Gasteiger partial charge is 0.269 e. The topological polar surface area (TPSA) is 34.9 Å². The lowest BCUT2D eigenvalue weighted by molar-refractivity contribution is 0.787. The minimum atomic E-state index is -0.136. The number of hydrogen-bond acceptors (Lipinski definition) is 2. The summed E-state index contributed by atoms with van der Waals surface area (Å²) in [6.45, 7) is 0.425. The lowest BCUT2D eigenvalue weighted by Gasteiger charge is -2.11. The number of benzene rings is 2. The van der Waals surface area contributed by atoms with Crippen LogP contribution >= 0.6 is 27.5 Å². The molecule has 0 saturated carbocycles. The van der Waals surface area contributed by atoms with Crippen molar-refractivity contribution in [2.75, 3.05) is 0 Å². The fourth-order valence-corrected chi connectivity index (χ4v) is 2.83. The molecule has 20 heavy (non-hydrogen) atoms. The van der Waals surface area contributed by atoms with Crippen LogP contribution in [0.5, 0.6) is 0 Å². The summed E-state index contributed by atoms with van der Waals surface area (Å²) in [7, 11) is 0. The first-order valence-corrected chi connectivity index (χ1v) is 7.21. The Bertz CT molecular complexity index is 845. The maximum Gasteiger partial charge on any atom is 0.269 e. The number of para-hydroxylation sites is 2. The fraction of sp³-hybridized carbons (Fsp3) is 0.0667. The van der Waals surface area contributed by atoms with Gasteiger partial charge in [-0.25, -0.2) is 4.98 Å². The van der Waals surface area contributed by atoms with Gasteiger partial charge in [-0.2, -0.15) is 0 Å². The average Bonchev–Trinajstić information content (AvgIpc) is 2.44. The lowest BCUT2D eigenvalue weighted by Crippen LogP contribution is -2.21. The van der Waals surface area contributed by atoms with E-state index in [1.54, 1.807) is 4.57 Å². The van der Waals surface area contributed by atoms with Crippen LogP contribution in [0.3, 0.4) is 0 Å². The first kappa shape index (κ1) is 13.3. The summed E-state index contributed by atoms with van der Waals surface area (Å²) in [4.78, 5) is 16.2. The summed E-state index contributed by atoms with van der Waals surface area (Å²) in [5, 5.41) is 0.632. The summed E-state index contributed by atoms with van der Waals surface area (Å²) < 4.78 is 2.59. The van der Waals surface area contributed by atoms with E-state index in [1.165, 1.54) is 6.20 Å². The van der Waals surface area contributed by atoms with Crippen LogP contribution in [0.25, 0.3) is 11.0 Å². The van der Waals surface area contributed by atoms with Crippen LogP contribution in [0.1, 0.15) is 5.56 Å². The Kier molecular flexibility index (Phi) is 3.59. The molecule has 0 aliphatic heterocycles. The summed E-state index contributed by atoms with van der Waals surface area (Å²) in [5.41, 5.74) is 2.36. The van der Waals surface area contributed by atoms with Crippen molar-refractivity contribution >= 4 is 38.6 Å². The van der Waals surface area contributed by atoms with Gasteiger partial charge < -0.3 is 4.57 Å². The second-order valence-corrected chi connectivity index (χ2v) is 5.73. The van der Waals surface area contributed by atoms with E-state index < -0.39 is 0 Å². The molecule has 0 fully saturated rings. The van der Waals surface area contributed by atoms with E-state index >= 15 is 0 Å². The zero-order chi connectivity index (χ0) is 14.1. The molecule has 3 nitrogen and oxygen atoms in total. The quantitative estimate of drug-likeness (QED) is 0.704. The van der Waals surface area contributed by atoms with Gasteiger partial charge in [-0.1, -0.05) is 45.7 Å². The van der Waals surface area contributed by atoms with Crippen molar-refractivity contribution in [3.63, 3.8) is 0 Å². The van der Waals surface area contributed by atoms with Crippen LogP contribution < -0.4 is 5.56 Å². The van der Waals surface area contributed by atoms with E-state index in [9.17, 15) is 4.79 Å². The predicted octanol–water partition coefficient (Wildman–Crippen LogP) is 3.86. The van der Waals surface area contributed by atoms with Gasteiger partial charge >= 0.3 is 0 Å². The standard InChI is InChI=1S/C15H10BrClN2O/c16-11-6-5-10(12(17)7-11)9-19-14-4-2-1-3-13(14)18-8-15(19)20/h1-8H,9H2. The first-order valence-electron chi connectivity index (χ1n) is 6.03. The highest BCUT2D eigenvalue weighted by atomic mass is 79.9. The summed E-state index contributed by atoms with van der Waals surface area (Å²) in [5.74, 6) is 0. The largest absolute Gasteiger partial charge is 0.301 e. The Morgan fingerprint density at radius 2 is 2.00 bits per heavy atom. The monoisotopic (exact) mass is 348 g/mol. The van der Waals surface area contributed by atoms with Crippen LogP contribution in [0.15, 0.2) is 57.9 Å². The summed E-state index contributed by atoms with van der Waals surface area (Å²) >= 11 is 9.59. The number of aromatic nitrogens is 2. The van der Waals surface area contributed by atoms with Gasteiger partial charge in [-0.15, -0.1) is 0 Å². The second kappa shape index (κ2) is 5.38. The van der Waals surface area contributed by atoms with Gasteiger partial charge in [0, 0.05) is 9.50 Å². The molecule has 0 saturated heterocycles. The molecule has 1 aromatic heterocycles. The number of halogens is 2. The van der Waals surface area contributed by atoms with Gasteiger partial charge in [0.1, 0.15) is 0 Å². The number of hydrogen-bond donors (Lipinski definition) is 0. The predicted molar refractivity (Wildman–Crippen MR) is 84.3 cm³/mol. The Balaban J connectivity index is 2.15.